The molecule has 204 valence electrons. The lowest BCUT2D eigenvalue weighted by Gasteiger charge is -2.09. The first-order valence-corrected chi connectivity index (χ1v) is 15.6. The molecule has 44 heavy (non-hydrogen) atoms. The van der Waals surface area contributed by atoms with E-state index in [1.165, 1.54) is 15.5 Å². The van der Waals surface area contributed by atoms with E-state index in [-0.39, 0.29) is 0 Å². The summed E-state index contributed by atoms with van der Waals surface area (Å²) < 4.78 is 7.55. The van der Waals surface area contributed by atoms with Gasteiger partial charge in [0.2, 0.25) is 0 Å². The second kappa shape index (κ2) is 8.96. The first kappa shape index (κ1) is 23.9. The Morgan fingerprint density at radius 2 is 1.07 bits per heavy atom. The van der Waals surface area contributed by atoms with Gasteiger partial charge in [-0.1, -0.05) is 109 Å². The van der Waals surface area contributed by atoms with Crippen LogP contribution in [-0.4, -0.2) is 9.97 Å². The smallest absolute Gasteiger partial charge is 0.143 e. The summed E-state index contributed by atoms with van der Waals surface area (Å²) in [4.78, 5) is 11.5. The normalized spacial score (nSPS) is 12.1. The molecule has 0 saturated heterocycles. The maximum absolute atomic E-state index is 6.36. The van der Waals surface area contributed by atoms with Crippen LogP contribution in [0.15, 0.2) is 138 Å². The van der Waals surface area contributed by atoms with Crippen molar-refractivity contribution in [2.75, 3.05) is 0 Å². The third-order valence-electron chi connectivity index (χ3n) is 8.87. The quantitative estimate of drug-likeness (QED) is 0.192. The maximum Gasteiger partial charge on any atom is 0.143 e. The van der Waals surface area contributed by atoms with Gasteiger partial charge in [-0.25, -0.2) is 9.97 Å². The van der Waals surface area contributed by atoms with Gasteiger partial charge in [-0.05, 0) is 51.7 Å². The second-order valence-electron chi connectivity index (χ2n) is 11.3. The molecular formula is C40H22N2OS. The number of para-hydroxylation sites is 2. The van der Waals surface area contributed by atoms with Gasteiger partial charge in [0.05, 0.1) is 11.0 Å². The third kappa shape index (κ3) is 3.37. The van der Waals surface area contributed by atoms with Crippen molar-refractivity contribution in [2.45, 2.75) is 0 Å². The molecule has 3 nitrogen and oxygen atoms in total. The van der Waals surface area contributed by atoms with Crippen molar-refractivity contribution in [3.63, 3.8) is 0 Å². The molecule has 0 amide bonds. The Bertz CT molecular complexity index is 2790. The van der Waals surface area contributed by atoms with Crippen molar-refractivity contribution in [3.05, 3.63) is 133 Å². The Morgan fingerprint density at radius 3 is 1.89 bits per heavy atom. The van der Waals surface area contributed by atoms with Gasteiger partial charge in [0.1, 0.15) is 21.5 Å². The summed E-state index contributed by atoms with van der Waals surface area (Å²) >= 11 is 1.71. The van der Waals surface area contributed by atoms with Crippen LogP contribution >= 0.6 is 11.3 Å². The van der Waals surface area contributed by atoms with Crippen LogP contribution in [0.25, 0.3) is 97.2 Å². The van der Waals surface area contributed by atoms with Crippen LogP contribution in [0.4, 0.5) is 0 Å². The number of thiophene rings is 1. The van der Waals surface area contributed by atoms with Gasteiger partial charge in [0.25, 0.3) is 0 Å². The van der Waals surface area contributed by atoms with E-state index < -0.39 is 0 Å². The van der Waals surface area contributed by atoms with Crippen LogP contribution in [0.5, 0.6) is 0 Å². The van der Waals surface area contributed by atoms with Gasteiger partial charge >= 0.3 is 0 Å². The topological polar surface area (TPSA) is 38.9 Å². The predicted octanol–water partition coefficient (Wildman–Crippen LogP) is 11.5. The van der Waals surface area contributed by atoms with E-state index in [1.807, 2.05) is 12.1 Å². The zero-order chi connectivity index (χ0) is 28.8. The average Bonchev–Trinajstić information content (AvgIpc) is 3.65. The van der Waals surface area contributed by atoms with Crippen LogP contribution in [-0.2, 0) is 0 Å². The van der Waals surface area contributed by atoms with Gasteiger partial charge in [0, 0.05) is 37.2 Å². The molecule has 0 fully saturated rings. The number of rotatable bonds is 2. The summed E-state index contributed by atoms with van der Waals surface area (Å²) in [5, 5.41) is 8.12. The van der Waals surface area contributed by atoms with Crippen LogP contribution in [0, 0.1) is 0 Å². The molecule has 0 spiro atoms. The highest BCUT2D eigenvalue weighted by molar-refractivity contribution is 7.25. The Hall–Kier alpha value is -5.58. The largest absolute Gasteiger partial charge is 0.455 e. The number of hydrogen-bond acceptors (Lipinski definition) is 4. The van der Waals surface area contributed by atoms with E-state index in [4.69, 9.17) is 14.4 Å². The lowest BCUT2D eigenvalue weighted by Crippen LogP contribution is -1.89. The molecule has 4 heteroatoms. The molecule has 0 aliphatic carbocycles. The van der Waals surface area contributed by atoms with Crippen LogP contribution in [0.1, 0.15) is 0 Å². The minimum Gasteiger partial charge on any atom is -0.455 e. The lowest BCUT2D eigenvalue weighted by atomic mass is 9.97. The van der Waals surface area contributed by atoms with Gasteiger partial charge in [0.15, 0.2) is 0 Å². The standard InChI is InChI=1S/C40H22N2OS/c1-3-14-30-27(11-1)28-12-2-4-15-31(28)37-36(30)41-38-33-22-24(19-20-35(33)44-40(38)42-37)23-9-7-10-25(21-23)26-16-8-17-32-29-13-5-6-18-34(29)43-39(26)32/h1-22H. The summed E-state index contributed by atoms with van der Waals surface area (Å²) in [5.41, 5.74) is 9.25. The first-order valence-electron chi connectivity index (χ1n) is 14.7. The SMILES string of the molecule is c1cc(-c2ccc3sc4nc5c6ccccc6c6ccccc6c5nc4c3c2)cc(-c2cccc3c2oc2ccccc23)c1. The highest BCUT2D eigenvalue weighted by Gasteiger charge is 2.16. The summed E-state index contributed by atoms with van der Waals surface area (Å²) in [6.45, 7) is 0. The Balaban J connectivity index is 1.17. The fourth-order valence-electron chi connectivity index (χ4n) is 6.82. The monoisotopic (exact) mass is 578 g/mol. The number of fused-ring (bicyclic) bond motifs is 12. The minimum absolute atomic E-state index is 0.912. The Labute approximate surface area is 255 Å². The maximum atomic E-state index is 6.36. The fourth-order valence-corrected chi connectivity index (χ4v) is 7.82. The molecule has 0 N–H and O–H groups in total. The molecule has 10 aromatic rings. The van der Waals surface area contributed by atoms with Gasteiger partial charge in [-0.3, -0.25) is 0 Å². The molecule has 0 bridgehead atoms. The summed E-state index contributed by atoms with van der Waals surface area (Å²) in [7, 11) is 0. The summed E-state index contributed by atoms with van der Waals surface area (Å²) in [6, 6.07) is 47.2. The molecule has 0 saturated carbocycles. The molecule has 0 radical (unpaired) electrons. The number of hydrogen-bond donors (Lipinski definition) is 0. The predicted molar refractivity (Wildman–Crippen MR) is 186 cm³/mol. The molecular weight excluding hydrogens is 557 g/mol. The second-order valence-corrected chi connectivity index (χ2v) is 12.4. The van der Waals surface area contributed by atoms with Crippen molar-refractivity contribution >= 4 is 86.3 Å². The molecule has 0 aliphatic rings. The van der Waals surface area contributed by atoms with Crippen LogP contribution in [0.2, 0.25) is 0 Å². The third-order valence-corrected chi connectivity index (χ3v) is 9.92. The van der Waals surface area contributed by atoms with Gasteiger partial charge < -0.3 is 4.42 Å². The van der Waals surface area contributed by atoms with Crippen molar-refractivity contribution in [2.24, 2.45) is 0 Å². The van der Waals surface area contributed by atoms with E-state index in [0.717, 1.165) is 81.7 Å². The van der Waals surface area contributed by atoms with E-state index >= 15 is 0 Å². The molecule has 0 unspecified atom stereocenters. The van der Waals surface area contributed by atoms with E-state index in [9.17, 15) is 0 Å². The summed E-state index contributed by atoms with van der Waals surface area (Å²) in [5.74, 6) is 0. The van der Waals surface area contributed by atoms with Crippen molar-refractivity contribution in [1.82, 2.24) is 9.97 Å². The first-order chi connectivity index (χ1) is 21.8. The molecule has 3 aromatic heterocycles. The van der Waals surface area contributed by atoms with Crippen molar-refractivity contribution < 1.29 is 4.42 Å². The molecule has 0 atom stereocenters. The van der Waals surface area contributed by atoms with E-state index in [0.29, 0.717) is 0 Å². The van der Waals surface area contributed by atoms with Gasteiger partial charge in [-0.15, -0.1) is 11.3 Å². The number of benzene rings is 7. The highest BCUT2D eigenvalue weighted by Crippen LogP contribution is 2.41. The molecule has 7 aromatic carbocycles. The van der Waals surface area contributed by atoms with Crippen LogP contribution in [0.3, 0.4) is 0 Å². The minimum atomic E-state index is 0.912. The van der Waals surface area contributed by atoms with Crippen LogP contribution < -0.4 is 0 Å². The number of furan rings is 1. The zero-order valence-corrected chi connectivity index (χ0v) is 24.2. The average molecular weight is 579 g/mol. The fraction of sp³-hybridized carbons (Fsp3) is 0. The highest BCUT2D eigenvalue weighted by atomic mass is 32.1. The zero-order valence-electron chi connectivity index (χ0n) is 23.4. The number of nitrogens with zero attached hydrogens (tertiary/aromatic N) is 2. The molecule has 0 aliphatic heterocycles. The van der Waals surface area contributed by atoms with E-state index in [1.54, 1.807) is 11.3 Å². The lowest BCUT2D eigenvalue weighted by molar-refractivity contribution is 0.670. The van der Waals surface area contributed by atoms with Gasteiger partial charge in [-0.2, -0.15) is 0 Å². The number of aromatic nitrogens is 2. The van der Waals surface area contributed by atoms with Crippen molar-refractivity contribution in [3.8, 4) is 22.3 Å². The summed E-state index contributed by atoms with van der Waals surface area (Å²) in [6.07, 6.45) is 0. The Kier molecular flexibility index (Phi) is 4.87. The van der Waals surface area contributed by atoms with Crippen molar-refractivity contribution in [1.29, 1.82) is 0 Å². The Morgan fingerprint density at radius 1 is 0.432 bits per heavy atom. The molecule has 10 rings (SSSR count). The molecule has 3 heterocycles. The van der Waals surface area contributed by atoms with E-state index in [2.05, 4.69) is 121 Å².